The number of fused-ring (bicyclic) bond motifs is 1. The summed E-state index contributed by atoms with van der Waals surface area (Å²) in [6.45, 7) is 9.56. The molecular weight excluding hydrogens is 432 g/mol. The summed E-state index contributed by atoms with van der Waals surface area (Å²) in [6, 6.07) is 7.40. The van der Waals surface area contributed by atoms with Crippen LogP contribution in [0.1, 0.15) is 51.1 Å². The third-order valence-corrected chi connectivity index (χ3v) is 7.67. The van der Waals surface area contributed by atoms with Gasteiger partial charge in [-0.3, -0.25) is 14.5 Å². The Labute approximate surface area is 202 Å². The number of amides is 1. The SMILES string of the molecule is CCOc1cccc(C2C3=C(OC4CCC(C)CC4C3=O)C(=O)N2CCCN2CCOCC2)c1. The van der Waals surface area contributed by atoms with Gasteiger partial charge in [0.15, 0.2) is 11.5 Å². The summed E-state index contributed by atoms with van der Waals surface area (Å²) < 4.78 is 17.5. The quantitative estimate of drug-likeness (QED) is 0.611. The molecule has 4 atom stereocenters. The van der Waals surface area contributed by atoms with Gasteiger partial charge in [0.2, 0.25) is 0 Å². The van der Waals surface area contributed by atoms with E-state index < -0.39 is 6.04 Å². The predicted molar refractivity (Wildman–Crippen MR) is 127 cm³/mol. The molecule has 0 radical (unpaired) electrons. The molecule has 7 nitrogen and oxygen atoms in total. The van der Waals surface area contributed by atoms with Crippen molar-refractivity contribution in [3.05, 3.63) is 41.2 Å². The van der Waals surface area contributed by atoms with Crippen LogP contribution in [0.4, 0.5) is 0 Å². The summed E-state index contributed by atoms with van der Waals surface area (Å²) in [6.07, 6.45) is 3.37. The van der Waals surface area contributed by atoms with Crippen LogP contribution in [0.15, 0.2) is 35.6 Å². The molecule has 2 fully saturated rings. The van der Waals surface area contributed by atoms with Crippen molar-refractivity contribution in [3.63, 3.8) is 0 Å². The number of hydrogen-bond acceptors (Lipinski definition) is 6. The molecule has 1 saturated carbocycles. The lowest BCUT2D eigenvalue weighted by molar-refractivity contribution is -0.136. The highest BCUT2D eigenvalue weighted by Crippen LogP contribution is 2.47. The molecule has 1 amide bonds. The number of carbonyl (C=O) groups is 2. The van der Waals surface area contributed by atoms with Crippen LogP contribution >= 0.6 is 0 Å². The van der Waals surface area contributed by atoms with Gasteiger partial charge in [-0.2, -0.15) is 0 Å². The summed E-state index contributed by atoms with van der Waals surface area (Å²) in [5.41, 5.74) is 1.47. The standard InChI is InChI=1S/C27H36N2O5/c1-3-33-20-7-4-6-19(17-20)24-23-25(30)21-16-18(2)8-9-22(21)34-26(23)27(31)29(24)11-5-10-28-12-14-32-15-13-28/h4,6-7,17-18,21-22,24H,3,5,8-16H2,1-2H3. The topological polar surface area (TPSA) is 68.3 Å². The first-order chi connectivity index (χ1) is 16.6. The Bertz CT molecular complexity index is 954. The van der Waals surface area contributed by atoms with Crippen LogP contribution in [0.3, 0.4) is 0 Å². The number of rotatable bonds is 7. The van der Waals surface area contributed by atoms with Crippen molar-refractivity contribution >= 4 is 11.7 Å². The Kier molecular flexibility index (Phi) is 6.93. The normalized spacial score (nSPS) is 29.6. The van der Waals surface area contributed by atoms with Crippen molar-refractivity contribution in [2.75, 3.05) is 46.0 Å². The number of ether oxygens (including phenoxy) is 3. The van der Waals surface area contributed by atoms with Crippen molar-refractivity contribution in [1.29, 1.82) is 0 Å². The first-order valence-corrected chi connectivity index (χ1v) is 12.9. The minimum Gasteiger partial charge on any atom is -0.494 e. The molecule has 184 valence electrons. The number of carbonyl (C=O) groups excluding carboxylic acids is 2. The summed E-state index contributed by atoms with van der Waals surface area (Å²) >= 11 is 0. The largest absolute Gasteiger partial charge is 0.494 e. The van der Waals surface area contributed by atoms with Gasteiger partial charge in [0.05, 0.1) is 37.4 Å². The van der Waals surface area contributed by atoms with Crippen molar-refractivity contribution in [2.45, 2.75) is 51.7 Å². The van der Waals surface area contributed by atoms with Gasteiger partial charge in [0.1, 0.15) is 11.9 Å². The molecule has 4 aliphatic rings. The lowest BCUT2D eigenvalue weighted by Crippen LogP contribution is -2.41. The molecule has 1 saturated heterocycles. The maximum Gasteiger partial charge on any atom is 0.290 e. The van der Waals surface area contributed by atoms with E-state index in [4.69, 9.17) is 14.2 Å². The maximum absolute atomic E-state index is 13.8. The summed E-state index contributed by atoms with van der Waals surface area (Å²) in [7, 11) is 0. The van der Waals surface area contributed by atoms with Gasteiger partial charge in [0, 0.05) is 26.2 Å². The second-order valence-electron chi connectivity index (χ2n) is 10.0. The van der Waals surface area contributed by atoms with Gasteiger partial charge in [-0.25, -0.2) is 0 Å². The van der Waals surface area contributed by atoms with Crippen molar-refractivity contribution in [1.82, 2.24) is 9.80 Å². The van der Waals surface area contributed by atoms with Crippen LogP contribution in [-0.4, -0.2) is 73.6 Å². The average molecular weight is 469 g/mol. The van der Waals surface area contributed by atoms with E-state index in [2.05, 4.69) is 11.8 Å². The van der Waals surface area contributed by atoms with Gasteiger partial charge in [0.25, 0.3) is 5.91 Å². The van der Waals surface area contributed by atoms with E-state index in [9.17, 15) is 9.59 Å². The fourth-order valence-electron chi connectivity index (χ4n) is 5.93. The fraction of sp³-hybridized carbons (Fsp3) is 0.630. The first kappa shape index (κ1) is 23.4. The number of nitrogens with zero attached hydrogens (tertiary/aromatic N) is 2. The van der Waals surface area contributed by atoms with E-state index in [1.807, 2.05) is 36.1 Å². The highest BCUT2D eigenvalue weighted by atomic mass is 16.5. The molecule has 1 aromatic carbocycles. The molecule has 0 spiro atoms. The second-order valence-corrected chi connectivity index (χ2v) is 10.0. The summed E-state index contributed by atoms with van der Waals surface area (Å²) in [5, 5.41) is 0. The van der Waals surface area contributed by atoms with Crippen LogP contribution < -0.4 is 4.74 Å². The molecule has 0 N–H and O–H groups in total. The van der Waals surface area contributed by atoms with Crippen LogP contribution in [0.25, 0.3) is 0 Å². The van der Waals surface area contributed by atoms with Gasteiger partial charge in [-0.1, -0.05) is 19.1 Å². The lowest BCUT2D eigenvalue weighted by Gasteiger charge is -2.37. The number of hydrogen-bond donors (Lipinski definition) is 0. The number of benzene rings is 1. The molecule has 0 aromatic heterocycles. The van der Waals surface area contributed by atoms with E-state index in [1.54, 1.807) is 0 Å². The molecule has 1 aromatic rings. The molecule has 0 bridgehead atoms. The van der Waals surface area contributed by atoms with Crippen LogP contribution in [0.5, 0.6) is 5.75 Å². The van der Waals surface area contributed by atoms with Crippen molar-refractivity contribution < 1.29 is 23.8 Å². The van der Waals surface area contributed by atoms with E-state index in [0.29, 0.717) is 30.4 Å². The van der Waals surface area contributed by atoms with Crippen LogP contribution in [-0.2, 0) is 19.1 Å². The second kappa shape index (κ2) is 10.1. The van der Waals surface area contributed by atoms with Crippen LogP contribution in [0.2, 0.25) is 0 Å². The number of ketones is 1. The van der Waals surface area contributed by atoms with Gasteiger partial charge >= 0.3 is 0 Å². The third kappa shape index (κ3) is 4.48. The highest BCUT2D eigenvalue weighted by molar-refractivity contribution is 6.11. The Morgan fingerprint density at radius 1 is 1.12 bits per heavy atom. The Morgan fingerprint density at radius 3 is 2.74 bits per heavy atom. The smallest absolute Gasteiger partial charge is 0.290 e. The van der Waals surface area contributed by atoms with Crippen molar-refractivity contribution in [3.8, 4) is 5.75 Å². The molecule has 4 unspecified atom stereocenters. The minimum absolute atomic E-state index is 0.105. The predicted octanol–water partition coefficient (Wildman–Crippen LogP) is 3.35. The molecule has 5 rings (SSSR count). The first-order valence-electron chi connectivity index (χ1n) is 12.9. The zero-order valence-electron chi connectivity index (χ0n) is 20.3. The minimum atomic E-state index is -0.418. The molecule has 7 heteroatoms. The zero-order valence-corrected chi connectivity index (χ0v) is 20.3. The number of morpholine rings is 1. The third-order valence-electron chi connectivity index (χ3n) is 7.67. The molecule has 34 heavy (non-hydrogen) atoms. The Balaban J connectivity index is 1.43. The summed E-state index contributed by atoms with van der Waals surface area (Å²) in [4.78, 5) is 31.7. The fourth-order valence-corrected chi connectivity index (χ4v) is 5.93. The molecular formula is C27H36N2O5. The molecule has 3 heterocycles. The molecule has 1 aliphatic carbocycles. The van der Waals surface area contributed by atoms with Crippen LogP contribution in [0, 0.1) is 11.8 Å². The van der Waals surface area contributed by atoms with Gasteiger partial charge < -0.3 is 19.1 Å². The zero-order chi connectivity index (χ0) is 23.7. The maximum atomic E-state index is 13.8. The van der Waals surface area contributed by atoms with Crippen molar-refractivity contribution in [2.24, 2.45) is 11.8 Å². The van der Waals surface area contributed by atoms with Gasteiger partial charge in [-0.05, 0) is 56.2 Å². The van der Waals surface area contributed by atoms with E-state index in [1.165, 1.54) is 0 Å². The van der Waals surface area contributed by atoms with Gasteiger partial charge in [-0.15, -0.1) is 0 Å². The molecule has 3 aliphatic heterocycles. The Morgan fingerprint density at radius 2 is 1.94 bits per heavy atom. The summed E-state index contributed by atoms with van der Waals surface area (Å²) in [5.74, 6) is 1.35. The lowest BCUT2D eigenvalue weighted by atomic mass is 9.74. The highest BCUT2D eigenvalue weighted by Gasteiger charge is 2.52. The van der Waals surface area contributed by atoms with E-state index >= 15 is 0 Å². The van der Waals surface area contributed by atoms with E-state index in [-0.39, 0.29) is 23.7 Å². The number of Topliss-reactive ketones (excluding diaryl/α,β-unsaturated/α-hetero) is 1. The Hall–Kier alpha value is -2.38. The monoisotopic (exact) mass is 468 g/mol. The van der Waals surface area contributed by atoms with E-state index in [0.717, 1.165) is 69.8 Å². The average Bonchev–Trinajstić information content (AvgIpc) is 3.13.